The molecule has 0 aliphatic heterocycles. The molecule has 4 aromatic heterocycles. The first kappa shape index (κ1) is 12.2. The zero-order valence-electron chi connectivity index (χ0n) is 10.7. The molecule has 0 N–H and O–H groups in total. The van der Waals surface area contributed by atoms with Crippen LogP contribution >= 0.6 is 0 Å². The highest BCUT2D eigenvalue weighted by atomic mass is 14.7. The number of rotatable bonds is 0. The normalized spacial score (nSPS) is 10.0. The Kier molecular flexibility index (Phi) is 3.55. The predicted molar refractivity (Wildman–Crippen MR) is 79.1 cm³/mol. The smallest absolute Gasteiger partial charge is 0.0886 e. The molecule has 20 heavy (non-hydrogen) atoms. The van der Waals surface area contributed by atoms with Gasteiger partial charge in [0, 0.05) is 24.8 Å². The predicted octanol–water partition coefficient (Wildman–Crippen LogP) is 3.26. The molecule has 4 heteroatoms. The van der Waals surface area contributed by atoms with E-state index in [1.165, 1.54) is 0 Å². The molecule has 0 bridgehead atoms. The van der Waals surface area contributed by atoms with Gasteiger partial charge in [0.25, 0.3) is 0 Å². The quantitative estimate of drug-likeness (QED) is 0.487. The molecule has 0 unspecified atom stereocenters. The Balaban J connectivity index is 0.000000121. The second-order valence-electron chi connectivity index (χ2n) is 4.09. The summed E-state index contributed by atoms with van der Waals surface area (Å²) in [6.07, 6.45) is 7.07. The van der Waals surface area contributed by atoms with Crippen LogP contribution in [0.25, 0.3) is 22.1 Å². The molecule has 0 atom stereocenters. The van der Waals surface area contributed by atoms with Gasteiger partial charge in [-0.2, -0.15) is 0 Å². The largest absolute Gasteiger partial charge is 0.255 e. The van der Waals surface area contributed by atoms with Crippen molar-refractivity contribution in [1.82, 2.24) is 19.9 Å². The van der Waals surface area contributed by atoms with Crippen LogP contribution in [0.3, 0.4) is 0 Å². The van der Waals surface area contributed by atoms with Gasteiger partial charge in [-0.1, -0.05) is 0 Å². The van der Waals surface area contributed by atoms with E-state index in [-0.39, 0.29) is 0 Å². The van der Waals surface area contributed by atoms with Gasteiger partial charge < -0.3 is 0 Å². The van der Waals surface area contributed by atoms with Crippen LogP contribution in [0.15, 0.2) is 73.3 Å². The monoisotopic (exact) mass is 260 g/mol. The average Bonchev–Trinajstić information content (AvgIpc) is 2.56. The molecule has 0 fully saturated rings. The summed E-state index contributed by atoms with van der Waals surface area (Å²) in [5.74, 6) is 0. The fourth-order valence-corrected chi connectivity index (χ4v) is 1.81. The number of fused-ring (bicyclic) bond motifs is 2. The van der Waals surface area contributed by atoms with Crippen molar-refractivity contribution in [2.24, 2.45) is 0 Å². The Morgan fingerprint density at radius 3 is 0.900 bits per heavy atom. The van der Waals surface area contributed by atoms with Gasteiger partial charge in [-0.05, 0) is 48.5 Å². The minimum Gasteiger partial charge on any atom is -0.255 e. The lowest BCUT2D eigenvalue weighted by Crippen LogP contribution is -1.78. The Morgan fingerprint density at radius 2 is 0.650 bits per heavy atom. The van der Waals surface area contributed by atoms with Crippen molar-refractivity contribution in [3.8, 4) is 0 Å². The zero-order valence-corrected chi connectivity index (χ0v) is 10.7. The molecule has 0 amide bonds. The van der Waals surface area contributed by atoms with E-state index < -0.39 is 0 Å². The molecule has 0 radical (unpaired) electrons. The molecular formula is C16H12N4. The standard InChI is InChI=1S/2C8H6N2/c2*1-3-7-8(9-5-1)4-2-6-10-7/h2*1-6H. The molecule has 0 aliphatic carbocycles. The van der Waals surface area contributed by atoms with Gasteiger partial charge in [-0.15, -0.1) is 0 Å². The van der Waals surface area contributed by atoms with Crippen LogP contribution in [0, 0.1) is 0 Å². The van der Waals surface area contributed by atoms with E-state index in [9.17, 15) is 0 Å². The van der Waals surface area contributed by atoms with E-state index in [4.69, 9.17) is 0 Å². The van der Waals surface area contributed by atoms with Crippen molar-refractivity contribution in [1.29, 1.82) is 0 Å². The summed E-state index contributed by atoms with van der Waals surface area (Å²) in [6.45, 7) is 0. The lowest BCUT2D eigenvalue weighted by Gasteiger charge is -1.90. The summed E-state index contributed by atoms with van der Waals surface area (Å²) in [6, 6.07) is 15.3. The molecule has 4 heterocycles. The molecular weight excluding hydrogens is 248 g/mol. The maximum atomic E-state index is 4.12. The van der Waals surface area contributed by atoms with Crippen molar-refractivity contribution in [3.63, 3.8) is 0 Å². The minimum absolute atomic E-state index is 0.949. The Bertz CT molecular complexity index is 628. The Labute approximate surface area is 116 Å². The van der Waals surface area contributed by atoms with Gasteiger partial charge in [-0.3, -0.25) is 19.9 Å². The minimum atomic E-state index is 0.949. The van der Waals surface area contributed by atoms with Crippen LogP contribution in [0.4, 0.5) is 0 Å². The molecule has 0 spiro atoms. The van der Waals surface area contributed by atoms with E-state index in [1.54, 1.807) is 24.8 Å². The van der Waals surface area contributed by atoms with E-state index >= 15 is 0 Å². The van der Waals surface area contributed by atoms with Gasteiger partial charge in [0.15, 0.2) is 0 Å². The maximum absolute atomic E-state index is 4.12. The van der Waals surface area contributed by atoms with E-state index in [0.29, 0.717) is 0 Å². The molecule has 0 aromatic carbocycles. The molecule has 4 nitrogen and oxygen atoms in total. The SMILES string of the molecule is c1cnc2cccnc2c1.c1cnc2cccnc2c1. The highest BCUT2D eigenvalue weighted by Gasteiger charge is 1.89. The van der Waals surface area contributed by atoms with Crippen molar-refractivity contribution in [2.75, 3.05) is 0 Å². The highest BCUT2D eigenvalue weighted by molar-refractivity contribution is 5.73. The van der Waals surface area contributed by atoms with E-state index in [2.05, 4.69) is 19.9 Å². The lowest BCUT2D eigenvalue weighted by atomic mass is 10.3. The molecule has 0 saturated heterocycles. The summed E-state index contributed by atoms with van der Waals surface area (Å²) < 4.78 is 0. The third-order valence-electron chi connectivity index (χ3n) is 2.74. The number of hydrogen-bond donors (Lipinski definition) is 0. The summed E-state index contributed by atoms with van der Waals surface area (Å²) in [4.78, 5) is 16.5. The van der Waals surface area contributed by atoms with Crippen molar-refractivity contribution in [3.05, 3.63) is 73.3 Å². The van der Waals surface area contributed by atoms with Gasteiger partial charge in [-0.25, -0.2) is 0 Å². The Morgan fingerprint density at radius 1 is 0.400 bits per heavy atom. The van der Waals surface area contributed by atoms with Gasteiger partial charge in [0.1, 0.15) is 0 Å². The summed E-state index contributed by atoms with van der Waals surface area (Å²) >= 11 is 0. The summed E-state index contributed by atoms with van der Waals surface area (Å²) in [7, 11) is 0. The lowest BCUT2D eigenvalue weighted by molar-refractivity contribution is 1.34. The summed E-state index contributed by atoms with van der Waals surface area (Å²) in [5, 5.41) is 0. The fourth-order valence-electron chi connectivity index (χ4n) is 1.81. The molecule has 96 valence electrons. The van der Waals surface area contributed by atoms with Crippen LogP contribution in [0.2, 0.25) is 0 Å². The van der Waals surface area contributed by atoms with Crippen LogP contribution in [0.5, 0.6) is 0 Å². The van der Waals surface area contributed by atoms with Crippen LogP contribution in [-0.2, 0) is 0 Å². The van der Waals surface area contributed by atoms with E-state index in [1.807, 2.05) is 48.5 Å². The van der Waals surface area contributed by atoms with Gasteiger partial charge in [0.05, 0.1) is 22.1 Å². The molecule has 4 aromatic rings. The van der Waals surface area contributed by atoms with Crippen molar-refractivity contribution in [2.45, 2.75) is 0 Å². The van der Waals surface area contributed by atoms with Gasteiger partial charge >= 0.3 is 0 Å². The summed E-state index contributed by atoms with van der Waals surface area (Å²) in [5.41, 5.74) is 3.80. The average molecular weight is 260 g/mol. The second-order valence-corrected chi connectivity index (χ2v) is 4.09. The number of pyridine rings is 4. The topological polar surface area (TPSA) is 51.6 Å². The highest BCUT2D eigenvalue weighted by Crippen LogP contribution is 2.05. The third-order valence-corrected chi connectivity index (χ3v) is 2.74. The number of aromatic nitrogens is 4. The van der Waals surface area contributed by atoms with Crippen LogP contribution in [0.1, 0.15) is 0 Å². The second kappa shape index (κ2) is 5.84. The van der Waals surface area contributed by atoms with Crippen molar-refractivity contribution >= 4 is 22.1 Å². The molecule has 0 saturated carbocycles. The Hall–Kier alpha value is -2.88. The number of hydrogen-bond acceptors (Lipinski definition) is 4. The van der Waals surface area contributed by atoms with Crippen LogP contribution < -0.4 is 0 Å². The first-order valence-corrected chi connectivity index (χ1v) is 6.25. The number of nitrogens with zero attached hydrogens (tertiary/aromatic N) is 4. The maximum Gasteiger partial charge on any atom is 0.0886 e. The first-order valence-electron chi connectivity index (χ1n) is 6.25. The fraction of sp³-hybridized carbons (Fsp3) is 0. The van der Waals surface area contributed by atoms with Crippen LogP contribution in [-0.4, -0.2) is 19.9 Å². The first-order chi connectivity index (χ1) is 9.93. The van der Waals surface area contributed by atoms with Gasteiger partial charge in [0.2, 0.25) is 0 Å². The third kappa shape index (κ3) is 2.75. The van der Waals surface area contributed by atoms with E-state index in [0.717, 1.165) is 22.1 Å². The van der Waals surface area contributed by atoms with Crippen molar-refractivity contribution < 1.29 is 0 Å². The molecule has 4 rings (SSSR count). The molecule has 0 aliphatic rings. The zero-order chi connectivity index (χ0) is 13.6.